The maximum absolute atomic E-state index is 13.9. The number of hydrogen-bond acceptors (Lipinski definition) is 5. The summed E-state index contributed by atoms with van der Waals surface area (Å²) in [4.78, 5) is 17.5. The molecule has 2 heterocycles. The zero-order chi connectivity index (χ0) is 24.5. The fourth-order valence-electron chi connectivity index (χ4n) is 4.13. The largest absolute Gasteiger partial charge is 0.373 e. The first kappa shape index (κ1) is 24.1. The molecule has 3 aromatic rings. The molecule has 0 radical (unpaired) electrons. The molecule has 10 heteroatoms. The lowest BCUT2D eigenvalue weighted by Gasteiger charge is -2.34. The van der Waals surface area contributed by atoms with E-state index in [-0.39, 0.29) is 35.8 Å². The van der Waals surface area contributed by atoms with Gasteiger partial charge in [-0.15, -0.1) is 0 Å². The maximum Gasteiger partial charge on any atom is 0.252 e. The summed E-state index contributed by atoms with van der Waals surface area (Å²) in [6, 6.07) is 11.1. The van der Waals surface area contributed by atoms with E-state index in [2.05, 4.69) is 10.3 Å². The Morgan fingerprint density at radius 2 is 1.85 bits per heavy atom. The molecule has 3 atom stereocenters. The van der Waals surface area contributed by atoms with Crippen LogP contribution < -0.4 is 5.32 Å². The highest BCUT2D eigenvalue weighted by Crippen LogP contribution is 2.24. The summed E-state index contributed by atoms with van der Waals surface area (Å²) in [6.45, 7) is 4.13. The van der Waals surface area contributed by atoms with E-state index >= 15 is 0 Å². The minimum Gasteiger partial charge on any atom is -0.373 e. The monoisotopic (exact) mass is 486 g/mol. The molecule has 1 N–H and O–H groups in total. The van der Waals surface area contributed by atoms with Crippen LogP contribution in [0.25, 0.3) is 0 Å². The molecule has 0 bridgehead atoms. The van der Waals surface area contributed by atoms with Crippen LogP contribution in [-0.4, -0.2) is 53.5 Å². The van der Waals surface area contributed by atoms with Gasteiger partial charge in [-0.1, -0.05) is 18.2 Å². The molecule has 8 nitrogen and oxygen atoms in total. The summed E-state index contributed by atoms with van der Waals surface area (Å²) in [5, 5.41) is 2.88. The average molecular weight is 487 g/mol. The highest BCUT2D eigenvalue weighted by atomic mass is 32.2. The van der Waals surface area contributed by atoms with E-state index in [1.807, 2.05) is 13.8 Å². The zero-order valence-electron chi connectivity index (χ0n) is 19.2. The number of rotatable bonds is 6. The van der Waals surface area contributed by atoms with E-state index in [1.54, 1.807) is 42.2 Å². The molecule has 34 heavy (non-hydrogen) atoms. The number of carbonyl (C=O) groups excluding carboxylic acids is 1. The Labute approximate surface area is 198 Å². The number of sulfonamides is 1. The van der Waals surface area contributed by atoms with Gasteiger partial charge in [-0.25, -0.2) is 17.8 Å². The van der Waals surface area contributed by atoms with Crippen molar-refractivity contribution in [2.75, 3.05) is 13.1 Å². The van der Waals surface area contributed by atoms with Gasteiger partial charge in [0.15, 0.2) is 0 Å². The van der Waals surface area contributed by atoms with Crippen molar-refractivity contribution >= 4 is 15.9 Å². The number of morpholine rings is 1. The topological polar surface area (TPSA) is 93.5 Å². The van der Waals surface area contributed by atoms with Crippen LogP contribution in [0.4, 0.5) is 4.39 Å². The number of benzene rings is 2. The molecule has 0 spiro atoms. The number of ether oxygens (including phenoxy) is 1. The third-order valence-corrected chi connectivity index (χ3v) is 7.52. The molecular formula is C24H27FN4O4S. The van der Waals surface area contributed by atoms with Crippen LogP contribution in [0.2, 0.25) is 0 Å². The Bertz CT molecular complexity index is 1280. The molecule has 4 rings (SSSR count). The second kappa shape index (κ2) is 9.65. The van der Waals surface area contributed by atoms with E-state index in [1.165, 1.54) is 34.6 Å². The Morgan fingerprint density at radius 3 is 2.50 bits per heavy atom. The second-order valence-corrected chi connectivity index (χ2v) is 10.4. The van der Waals surface area contributed by atoms with Gasteiger partial charge in [0, 0.05) is 38.1 Å². The van der Waals surface area contributed by atoms with Gasteiger partial charge < -0.3 is 14.6 Å². The Morgan fingerprint density at radius 1 is 1.15 bits per heavy atom. The molecule has 0 unspecified atom stereocenters. The number of nitrogens with zero attached hydrogens (tertiary/aromatic N) is 3. The number of carbonyl (C=O) groups is 1. The number of aromatic nitrogens is 2. The lowest BCUT2D eigenvalue weighted by atomic mass is 10.0. The molecule has 2 aromatic carbocycles. The summed E-state index contributed by atoms with van der Waals surface area (Å²) in [6.07, 6.45) is 2.86. The fourth-order valence-corrected chi connectivity index (χ4v) is 5.76. The molecular weight excluding hydrogens is 459 g/mol. The normalized spacial score (nSPS) is 20.1. The fraction of sp³-hybridized carbons (Fsp3) is 0.333. The van der Waals surface area contributed by atoms with E-state index in [4.69, 9.17) is 4.74 Å². The van der Waals surface area contributed by atoms with Crippen molar-refractivity contribution < 1.29 is 22.3 Å². The van der Waals surface area contributed by atoms with Crippen LogP contribution in [0.3, 0.4) is 0 Å². The van der Waals surface area contributed by atoms with Gasteiger partial charge in [-0.2, -0.15) is 4.31 Å². The van der Waals surface area contributed by atoms with E-state index in [9.17, 15) is 17.6 Å². The quantitative estimate of drug-likeness (QED) is 0.578. The highest BCUT2D eigenvalue weighted by Gasteiger charge is 2.32. The first-order valence-corrected chi connectivity index (χ1v) is 12.4. The smallest absolute Gasteiger partial charge is 0.252 e. The summed E-state index contributed by atoms with van der Waals surface area (Å²) in [5.74, 6) is -0.426. The van der Waals surface area contributed by atoms with Gasteiger partial charge >= 0.3 is 0 Å². The summed E-state index contributed by atoms with van der Waals surface area (Å²) in [5.41, 5.74) is 0.689. The van der Waals surface area contributed by atoms with Crippen LogP contribution in [0.15, 0.2) is 65.8 Å². The molecule has 1 aliphatic heterocycles. The molecule has 0 aliphatic carbocycles. The molecule has 180 valence electrons. The summed E-state index contributed by atoms with van der Waals surface area (Å²) in [7, 11) is -2.04. The summed E-state index contributed by atoms with van der Waals surface area (Å²) >= 11 is 0. The number of hydrogen-bond donors (Lipinski definition) is 1. The van der Waals surface area contributed by atoms with Crippen LogP contribution in [0, 0.1) is 5.82 Å². The van der Waals surface area contributed by atoms with Crippen molar-refractivity contribution in [3.05, 3.63) is 83.7 Å². The maximum atomic E-state index is 13.9. The van der Waals surface area contributed by atoms with Crippen LogP contribution in [-0.2, 0) is 21.8 Å². The lowest BCUT2D eigenvalue weighted by Crippen LogP contribution is -2.48. The number of imidazole rings is 1. The SMILES string of the molecule is C[C@@H]1CN(S(=O)(=O)c2cccc(C(=O)N[C@H](c3cccc(F)c3)c3nccn3C)c2)C[C@H](C)O1. The van der Waals surface area contributed by atoms with Crippen molar-refractivity contribution in [3.8, 4) is 0 Å². The number of aryl methyl sites for hydroxylation is 1. The first-order valence-electron chi connectivity index (χ1n) is 10.9. The van der Waals surface area contributed by atoms with Crippen LogP contribution in [0.5, 0.6) is 0 Å². The van der Waals surface area contributed by atoms with Crippen LogP contribution in [0.1, 0.15) is 41.6 Å². The Hall–Kier alpha value is -3.08. The molecule has 1 amide bonds. The van der Waals surface area contributed by atoms with Crippen LogP contribution >= 0.6 is 0 Å². The second-order valence-electron chi connectivity index (χ2n) is 8.46. The number of nitrogens with one attached hydrogen (secondary N) is 1. The Kier molecular flexibility index (Phi) is 6.83. The highest BCUT2D eigenvalue weighted by molar-refractivity contribution is 7.89. The van der Waals surface area contributed by atoms with Gasteiger partial charge in [-0.05, 0) is 49.7 Å². The zero-order valence-corrected chi connectivity index (χ0v) is 20.0. The van der Waals surface area contributed by atoms with E-state index < -0.39 is 27.8 Å². The molecule has 1 aliphatic rings. The minimum absolute atomic E-state index is 0.0285. The minimum atomic E-state index is -3.81. The van der Waals surface area contributed by atoms with Crippen molar-refractivity contribution in [3.63, 3.8) is 0 Å². The summed E-state index contributed by atoms with van der Waals surface area (Å²) < 4.78 is 49.2. The van der Waals surface area contributed by atoms with Gasteiger partial charge in [0.05, 0.1) is 17.1 Å². The third kappa shape index (κ3) is 5.03. The van der Waals surface area contributed by atoms with E-state index in [0.717, 1.165) is 0 Å². The van der Waals surface area contributed by atoms with Crippen molar-refractivity contribution in [1.29, 1.82) is 0 Å². The molecule has 1 saturated heterocycles. The number of halogens is 1. The van der Waals surface area contributed by atoms with Crippen molar-refractivity contribution in [2.24, 2.45) is 7.05 Å². The first-order chi connectivity index (χ1) is 16.1. The predicted molar refractivity (Wildman–Crippen MR) is 124 cm³/mol. The Balaban J connectivity index is 1.63. The lowest BCUT2D eigenvalue weighted by molar-refractivity contribution is -0.0440. The average Bonchev–Trinajstić information content (AvgIpc) is 3.22. The molecule has 0 saturated carbocycles. The van der Waals surface area contributed by atoms with Crippen molar-refractivity contribution in [1.82, 2.24) is 19.2 Å². The van der Waals surface area contributed by atoms with Gasteiger partial charge in [0.25, 0.3) is 5.91 Å². The van der Waals surface area contributed by atoms with Gasteiger partial charge in [0.1, 0.15) is 17.7 Å². The predicted octanol–water partition coefficient (Wildman–Crippen LogP) is 2.88. The van der Waals surface area contributed by atoms with Gasteiger partial charge in [0.2, 0.25) is 10.0 Å². The van der Waals surface area contributed by atoms with Crippen molar-refractivity contribution in [2.45, 2.75) is 37.0 Å². The number of amides is 1. The van der Waals surface area contributed by atoms with E-state index in [0.29, 0.717) is 11.4 Å². The molecule has 1 aromatic heterocycles. The third-order valence-electron chi connectivity index (χ3n) is 5.69. The molecule has 1 fully saturated rings. The van der Waals surface area contributed by atoms with Gasteiger partial charge in [-0.3, -0.25) is 4.79 Å². The standard InChI is InChI=1S/C24H27FN4O4S/c1-16-14-29(15-17(2)33-16)34(31,32)21-9-5-7-19(13-21)24(30)27-22(23-26-10-11-28(23)3)18-6-4-8-20(25)12-18/h4-13,16-17,22H,14-15H2,1-3H3,(H,27,30)/t16-,17+,22-/m1/s1.